The second-order valence-corrected chi connectivity index (χ2v) is 11.9. The fourth-order valence-electron chi connectivity index (χ4n) is 5.38. The fourth-order valence-corrected chi connectivity index (χ4v) is 6.31. The van der Waals surface area contributed by atoms with Gasteiger partial charge in [0.2, 0.25) is 0 Å². The third-order valence-corrected chi connectivity index (χ3v) is 8.04. The van der Waals surface area contributed by atoms with Crippen LogP contribution in [0.4, 0.5) is 0 Å². The van der Waals surface area contributed by atoms with Crippen molar-refractivity contribution >= 4 is 43.4 Å². The van der Waals surface area contributed by atoms with Crippen LogP contribution in [0.3, 0.4) is 0 Å². The number of aromatic nitrogens is 1. The summed E-state index contributed by atoms with van der Waals surface area (Å²) < 4.78 is 7.81. The fraction of sp³-hybridized carbons (Fsp3) is 0.219. The number of para-hydroxylation sites is 1. The van der Waals surface area contributed by atoms with Crippen molar-refractivity contribution in [3.05, 3.63) is 88.4 Å². The van der Waals surface area contributed by atoms with Crippen molar-refractivity contribution in [2.45, 2.75) is 47.0 Å². The highest BCUT2D eigenvalue weighted by atomic mass is 32.1. The summed E-state index contributed by atoms with van der Waals surface area (Å²) in [6.45, 7) is 13.3. The molecule has 6 rings (SSSR count). The molecule has 2 nitrogen and oxygen atoms in total. The summed E-state index contributed by atoms with van der Waals surface area (Å²) in [5, 5.41) is 3.62. The summed E-state index contributed by atoms with van der Waals surface area (Å²) in [6.07, 6.45) is 2.07. The molecule has 0 aliphatic rings. The van der Waals surface area contributed by atoms with Gasteiger partial charge in [-0.15, -0.1) is 11.3 Å². The first-order chi connectivity index (χ1) is 16.7. The van der Waals surface area contributed by atoms with Gasteiger partial charge in [0.15, 0.2) is 0 Å². The van der Waals surface area contributed by atoms with Crippen molar-refractivity contribution in [3.8, 4) is 22.4 Å². The highest BCUT2D eigenvalue weighted by Gasteiger charge is 2.23. The number of nitrogens with zero attached hydrogens (tertiary/aromatic N) is 1. The van der Waals surface area contributed by atoms with E-state index < -0.39 is 0 Å². The van der Waals surface area contributed by atoms with Crippen LogP contribution in [-0.2, 0) is 5.41 Å². The molecule has 174 valence electrons. The first kappa shape index (κ1) is 22.1. The Bertz CT molecular complexity index is 1740. The lowest BCUT2D eigenvalue weighted by atomic mass is 9.80. The van der Waals surface area contributed by atoms with Gasteiger partial charge in [0.05, 0.1) is 5.69 Å². The minimum Gasteiger partial charge on any atom is -0.455 e. The van der Waals surface area contributed by atoms with Crippen molar-refractivity contribution in [3.63, 3.8) is 0 Å². The molecule has 0 N–H and O–H groups in total. The molecule has 0 aliphatic heterocycles. The normalized spacial score (nSPS) is 12.3. The van der Waals surface area contributed by atoms with E-state index in [0.717, 1.165) is 27.8 Å². The quantitative estimate of drug-likeness (QED) is 0.249. The van der Waals surface area contributed by atoms with E-state index in [-0.39, 0.29) is 5.41 Å². The van der Waals surface area contributed by atoms with Gasteiger partial charge in [0, 0.05) is 37.5 Å². The molecule has 0 atom stereocenters. The molecule has 3 heteroatoms. The number of thiophene rings is 1. The standard InChI is InChI=1S/C32H29NOS/c1-18-9-7-10-19(2)29(18)23-16-26(33-17-25(23)32(4,5)6)21-11-8-12-22-30-24-15-20(3)35-28(24)14-13-27(30)34-31(21)22/h7-17H,1-6H3. The summed E-state index contributed by atoms with van der Waals surface area (Å²) in [7, 11) is 0. The molecule has 0 unspecified atom stereocenters. The molecule has 0 spiro atoms. The average molecular weight is 476 g/mol. The van der Waals surface area contributed by atoms with E-state index >= 15 is 0 Å². The second kappa shape index (κ2) is 7.79. The molecule has 0 radical (unpaired) electrons. The Labute approximate surface area is 210 Å². The SMILES string of the molecule is Cc1cc2c(ccc3oc4c(-c5cc(-c6c(C)cccc6C)c(C(C)(C)C)cn5)cccc4c32)s1. The minimum absolute atomic E-state index is 0.0244. The van der Waals surface area contributed by atoms with Gasteiger partial charge in [0.25, 0.3) is 0 Å². The van der Waals surface area contributed by atoms with Gasteiger partial charge in [-0.2, -0.15) is 0 Å². The van der Waals surface area contributed by atoms with Crippen LogP contribution in [0.1, 0.15) is 42.3 Å². The summed E-state index contributed by atoms with van der Waals surface area (Å²) in [4.78, 5) is 6.31. The van der Waals surface area contributed by atoms with Crippen LogP contribution in [0.2, 0.25) is 0 Å². The number of furan rings is 1. The Morgan fingerprint density at radius 2 is 1.54 bits per heavy atom. The van der Waals surface area contributed by atoms with Crippen LogP contribution in [0.15, 0.2) is 71.3 Å². The monoisotopic (exact) mass is 475 g/mol. The lowest BCUT2D eigenvalue weighted by Gasteiger charge is -2.25. The smallest absolute Gasteiger partial charge is 0.144 e. The topological polar surface area (TPSA) is 26.0 Å². The van der Waals surface area contributed by atoms with Gasteiger partial charge in [-0.25, -0.2) is 0 Å². The van der Waals surface area contributed by atoms with Crippen molar-refractivity contribution in [2.24, 2.45) is 0 Å². The number of hydrogen-bond donors (Lipinski definition) is 0. The number of benzene rings is 3. The second-order valence-electron chi connectivity index (χ2n) is 10.6. The van der Waals surface area contributed by atoms with Crippen LogP contribution in [0.25, 0.3) is 54.4 Å². The van der Waals surface area contributed by atoms with Gasteiger partial charge in [0.1, 0.15) is 11.2 Å². The van der Waals surface area contributed by atoms with Crippen LogP contribution in [0.5, 0.6) is 0 Å². The van der Waals surface area contributed by atoms with Gasteiger partial charge >= 0.3 is 0 Å². The molecule has 0 amide bonds. The Kier molecular flexibility index (Phi) is 4.91. The van der Waals surface area contributed by atoms with Crippen LogP contribution in [0, 0.1) is 20.8 Å². The maximum absolute atomic E-state index is 6.51. The van der Waals surface area contributed by atoms with Crippen molar-refractivity contribution in [1.82, 2.24) is 4.98 Å². The average Bonchev–Trinajstić information content (AvgIpc) is 3.37. The maximum atomic E-state index is 6.51. The Hall–Kier alpha value is -3.43. The van der Waals surface area contributed by atoms with Crippen molar-refractivity contribution in [2.75, 3.05) is 0 Å². The predicted octanol–water partition coefficient (Wildman–Crippen LogP) is 9.75. The maximum Gasteiger partial charge on any atom is 0.144 e. The van der Waals surface area contributed by atoms with Gasteiger partial charge < -0.3 is 4.42 Å². The zero-order chi connectivity index (χ0) is 24.5. The lowest BCUT2D eigenvalue weighted by Crippen LogP contribution is -2.14. The van der Waals surface area contributed by atoms with Gasteiger partial charge in [-0.1, -0.05) is 51.1 Å². The summed E-state index contributed by atoms with van der Waals surface area (Å²) in [5.74, 6) is 0. The Morgan fingerprint density at radius 3 is 2.29 bits per heavy atom. The molecule has 3 aromatic carbocycles. The first-order valence-corrected chi connectivity index (χ1v) is 13.0. The van der Waals surface area contributed by atoms with Gasteiger partial charge in [-0.05, 0) is 84.3 Å². The Balaban J connectivity index is 1.65. The van der Waals surface area contributed by atoms with Crippen LogP contribution >= 0.6 is 11.3 Å². The highest BCUT2D eigenvalue weighted by molar-refractivity contribution is 7.19. The largest absolute Gasteiger partial charge is 0.455 e. The molecule has 0 aliphatic carbocycles. The van der Waals surface area contributed by atoms with E-state index in [9.17, 15) is 0 Å². The summed E-state index contributed by atoms with van der Waals surface area (Å²) >= 11 is 1.83. The highest BCUT2D eigenvalue weighted by Crippen LogP contribution is 2.43. The predicted molar refractivity (Wildman–Crippen MR) is 151 cm³/mol. The van der Waals surface area contributed by atoms with Crippen LogP contribution < -0.4 is 0 Å². The minimum atomic E-state index is -0.0244. The molecule has 0 fully saturated rings. The number of pyridine rings is 1. The summed E-state index contributed by atoms with van der Waals surface area (Å²) in [5.41, 5.74) is 10.2. The Morgan fingerprint density at radius 1 is 0.800 bits per heavy atom. The van der Waals surface area contributed by atoms with E-state index in [4.69, 9.17) is 9.40 Å². The molecule has 0 saturated carbocycles. The zero-order valence-corrected chi connectivity index (χ0v) is 21.9. The first-order valence-electron chi connectivity index (χ1n) is 12.1. The molecular formula is C32H29NOS. The number of fused-ring (bicyclic) bond motifs is 5. The lowest BCUT2D eigenvalue weighted by molar-refractivity contribution is 0.589. The van der Waals surface area contributed by atoms with E-state index in [1.807, 2.05) is 11.3 Å². The number of aryl methyl sites for hydroxylation is 3. The molecule has 35 heavy (non-hydrogen) atoms. The van der Waals surface area contributed by atoms with E-state index in [2.05, 4.69) is 108 Å². The third-order valence-electron chi connectivity index (χ3n) is 7.02. The van der Waals surface area contributed by atoms with E-state index in [0.29, 0.717) is 0 Å². The molecular weight excluding hydrogens is 446 g/mol. The zero-order valence-electron chi connectivity index (χ0n) is 21.1. The summed E-state index contributed by atoms with van der Waals surface area (Å²) in [6, 6.07) is 21.8. The van der Waals surface area contributed by atoms with Crippen molar-refractivity contribution < 1.29 is 4.42 Å². The van der Waals surface area contributed by atoms with Crippen LogP contribution in [-0.4, -0.2) is 4.98 Å². The molecule has 6 aromatic rings. The number of rotatable bonds is 2. The molecule has 0 saturated heterocycles. The number of hydrogen-bond acceptors (Lipinski definition) is 3. The van der Waals surface area contributed by atoms with Gasteiger partial charge in [-0.3, -0.25) is 4.98 Å². The molecule has 0 bridgehead atoms. The van der Waals surface area contributed by atoms with Crippen molar-refractivity contribution in [1.29, 1.82) is 0 Å². The molecule has 3 heterocycles. The molecule has 3 aromatic heterocycles. The third kappa shape index (κ3) is 3.49. The van der Waals surface area contributed by atoms with E-state index in [1.54, 1.807) is 0 Å². The van der Waals surface area contributed by atoms with E-state index in [1.165, 1.54) is 48.2 Å².